The van der Waals surface area contributed by atoms with Crippen molar-refractivity contribution >= 4 is 17.7 Å². The van der Waals surface area contributed by atoms with Crippen molar-refractivity contribution in [2.45, 2.75) is 19.4 Å². The minimum absolute atomic E-state index is 0.194. The fourth-order valence-corrected chi connectivity index (χ4v) is 3.09. The zero-order chi connectivity index (χ0) is 22.7. The lowest BCUT2D eigenvalue weighted by molar-refractivity contribution is 0.262. The number of aromatic nitrogens is 2. The second-order valence-corrected chi connectivity index (χ2v) is 7.57. The Balaban J connectivity index is 1.39. The van der Waals surface area contributed by atoms with Crippen molar-refractivity contribution in [3.8, 4) is 11.1 Å². The van der Waals surface area contributed by atoms with E-state index in [9.17, 15) is 22.8 Å². The molecule has 32 heavy (non-hydrogen) atoms. The lowest BCUT2D eigenvalue weighted by Gasteiger charge is -2.09. The van der Waals surface area contributed by atoms with Gasteiger partial charge in [-0.15, -0.1) is 0 Å². The molecule has 3 aromatic rings. The Kier molecular flexibility index (Phi) is 6.22. The van der Waals surface area contributed by atoms with E-state index in [4.69, 9.17) is 0 Å². The Hall–Kier alpha value is -3.66. The number of hydrogen-bond donors (Lipinski definition) is 4. The predicted molar refractivity (Wildman–Crippen MR) is 114 cm³/mol. The Labute approximate surface area is 181 Å². The molecule has 0 saturated heterocycles. The summed E-state index contributed by atoms with van der Waals surface area (Å²) in [6, 6.07) is 7.30. The molecule has 0 radical (unpaired) electrons. The number of carbonyl (C=O) groups excluding carboxylic acids is 1. The van der Waals surface area contributed by atoms with Crippen LogP contribution in [0, 0.1) is 23.4 Å². The zero-order valence-electron chi connectivity index (χ0n) is 16.8. The summed E-state index contributed by atoms with van der Waals surface area (Å²) >= 11 is 0. The van der Waals surface area contributed by atoms with E-state index in [0.717, 1.165) is 24.6 Å². The van der Waals surface area contributed by atoms with Crippen LogP contribution in [0.1, 0.15) is 18.4 Å². The van der Waals surface area contributed by atoms with Crippen LogP contribution in [0.4, 0.5) is 29.6 Å². The smallest absolute Gasteiger partial charge is 0.312 e. The lowest BCUT2D eigenvalue weighted by Crippen LogP contribution is -2.24. The minimum Gasteiger partial charge on any atom is -0.312 e. The lowest BCUT2D eigenvalue weighted by atomic mass is 10.1. The molecule has 7 nitrogen and oxygen atoms in total. The van der Waals surface area contributed by atoms with Crippen molar-refractivity contribution in [2.75, 3.05) is 17.2 Å². The van der Waals surface area contributed by atoms with Gasteiger partial charge in [0.05, 0.1) is 11.3 Å². The summed E-state index contributed by atoms with van der Waals surface area (Å²) in [5.74, 6) is -3.24. The van der Waals surface area contributed by atoms with E-state index in [-0.39, 0.29) is 5.95 Å². The molecule has 2 aromatic carbocycles. The molecule has 4 rings (SSSR count). The van der Waals surface area contributed by atoms with Crippen molar-refractivity contribution in [3.63, 3.8) is 0 Å². The molecule has 0 unspecified atom stereocenters. The van der Waals surface area contributed by atoms with Crippen molar-refractivity contribution in [1.29, 1.82) is 0 Å². The molecule has 1 fully saturated rings. The van der Waals surface area contributed by atoms with Gasteiger partial charge in [-0.3, -0.25) is 15.1 Å². The summed E-state index contributed by atoms with van der Waals surface area (Å²) in [5, 5.41) is 7.63. The van der Waals surface area contributed by atoms with Gasteiger partial charge in [0.2, 0.25) is 5.95 Å². The van der Waals surface area contributed by atoms with Crippen LogP contribution in [0.3, 0.4) is 0 Å². The van der Waals surface area contributed by atoms with Crippen molar-refractivity contribution in [3.05, 3.63) is 76.0 Å². The van der Waals surface area contributed by atoms with Gasteiger partial charge in [-0.25, -0.2) is 22.9 Å². The highest BCUT2D eigenvalue weighted by Gasteiger charge is 2.20. The first kappa shape index (κ1) is 21.6. The molecule has 4 N–H and O–H groups in total. The number of rotatable bonds is 7. The van der Waals surface area contributed by atoms with Crippen LogP contribution in [0.25, 0.3) is 11.1 Å². The minimum atomic E-state index is -1.38. The number of amides is 2. The van der Waals surface area contributed by atoms with Crippen LogP contribution in [0.5, 0.6) is 0 Å². The third-order valence-corrected chi connectivity index (χ3v) is 5.01. The number of aromatic amines is 1. The number of urea groups is 1. The fourth-order valence-electron chi connectivity index (χ4n) is 3.09. The number of H-pyrrole nitrogens is 1. The number of carbonyl (C=O) groups is 1. The topological polar surface area (TPSA) is 98.9 Å². The number of nitrogens with zero attached hydrogens (tertiary/aromatic N) is 1. The van der Waals surface area contributed by atoms with Gasteiger partial charge < -0.3 is 10.6 Å². The van der Waals surface area contributed by atoms with Gasteiger partial charge in [-0.2, -0.15) is 0 Å². The van der Waals surface area contributed by atoms with Gasteiger partial charge in [0, 0.05) is 24.9 Å². The number of nitrogens with one attached hydrogen (secondary N) is 4. The van der Waals surface area contributed by atoms with Crippen LogP contribution < -0.4 is 21.5 Å². The molecule has 1 aliphatic carbocycles. The van der Waals surface area contributed by atoms with E-state index in [0.29, 0.717) is 23.3 Å². The highest BCUT2D eigenvalue weighted by atomic mass is 19.2. The van der Waals surface area contributed by atoms with Crippen molar-refractivity contribution in [1.82, 2.24) is 15.3 Å². The van der Waals surface area contributed by atoms with Crippen molar-refractivity contribution in [2.24, 2.45) is 5.92 Å². The first-order valence-electron chi connectivity index (χ1n) is 10.0. The Morgan fingerprint density at radius 1 is 1.03 bits per heavy atom. The van der Waals surface area contributed by atoms with E-state index < -0.39 is 34.7 Å². The molecular weight excluding hydrogens is 423 g/mol. The van der Waals surface area contributed by atoms with Crippen LogP contribution in [-0.2, 0) is 6.54 Å². The highest BCUT2D eigenvalue weighted by molar-refractivity contribution is 5.98. The molecule has 1 heterocycles. The second kappa shape index (κ2) is 9.23. The number of anilines is 2. The highest BCUT2D eigenvalue weighted by Crippen LogP contribution is 2.27. The average Bonchev–Trinajstić information content (AvgIpc) is 3.57. The fraction of sp³-hybridized carbons (Fsp3) is 0.227. The maximum atomic E-state index is 13.6. The summed E-state index contributed by atoms with van der Waals surface area (Å²) in [6.07, 6.45) is 3.87. The molecule has 2 amide bonds. The average molecular weight is 443 g/mol. The Morgan fingerprint density at radius 3 is 2.44 bits per heavy atom. The molecule has 0 spiro atoms. The Morgan fingerprint density at radius 2 is 1.75 bits per heavy atom. The van der Waals surface area contributed by atoms with Crippen LogP contribution >= 0.6 is 0 Å². The summed E-state index contributed by atoms with van der Waals surface area (Å²) in [5.41, 5.74) is 1.00. The van der Waals surface area contributed by atoms with Crippen LogP contribution in [-0.4, -0.2) is 22.5 Å². The monoisotopic (exact) mass is 443 g/mol. The molecule has 1 aromatic heterocycles. The summed E-state index contributed by atoms with van der Waals surface area (Å²) < 4.78 is 39.9. The van der Waals surface area contributed by atoms with Gasteiger partial charge in [0.15, 0.2) is 11.6 Å². The molecule has 0 aliphatic heterocycles. The van der Waals surface area contributed by atoms with E-state index in [1.807, 2.05) is 29.6 Å². The molecule has 10 heteroatoms. The molecular formula is C22H20F3N5O2. The summed E-state index contributed by atoms with van der Waals surface area (Å²) in [7, 11) is 0. The van der Waals surface area contributed by atoms with Gasteiger partial charge in [-0.1, -0.05) is 24.3 Å². The summed E-state index contributed by atoms with van der Waals surface area (Å²) in [4.78, 5) is 30.8. The molecule has 0 atom stereocenters. The molecule has 1 aliphatic rings. The van der Waals surface area contributed by atoms with Crippen LogP contribution in [0.2, 0.25) is 0 Å². The van der Waals surface area contributed by atoms with Gasteiger partial charge in [-0.05, 0) is 36.4 Å². The first-order chi connectivity index (χ1) is 15.4. The quantitative estimate of drug-likeness (QED) is 0.415. The largest absolute Gasteiger partial charge is 0.326 e. The number of hydrogen-bond acceptors (Lipinski definition) is 4. The zero-order valence-corrected chi connectivity index (χ0v) is 16.8. The van der Waals surface area contributed by atoms with E-state index in [2.05, 4.69) is 20.6 Å². The third-order valence-electron chi connectivity index (χ3n) is 5.01. The maximum absolute atomic E-state index is 13.6. The van der Waals surface area contributed by atoms with Crippen molar-refractivity contribution < 1.29 is 18.0 Å². The number of benzene rings is 2. The molecule has 166 valence electrons. The third kappa shape index (κ3) is 5.33. The SMILES string of the molecule is O=C(Nc1ncc(-c2ccc(CNCC3CC3)cc2)c(=O)[nH]1)Nc1cc(F)c(F)cc1F. The molecule has 1 saturated carbocycles. The van der Waals surface area contributed by atoms with E-state index >= 15 is 0 Å². The first-order valence-corrected chi connectivity index (χ1v) is 10.0. The second-order valence-electron chi connectivity index (χ2n) is 7.57. The Bertz CT molecular complexity index is 1190. The molecule has 0 bridgehead atoms. The van der Waals surface area contributed by atoms with E-state index in [1.165, 1.54) is 19.0 Å². The standard InChI is InChI=1S/C22H20F3N5O2/c23-16-7-18(25)19(8-17(16)24)28-22(32)30-21-27-11-15(20(31)29-21)14-5-3-13(4-6-14)10-26-9-12-1-2-12/h3-8,11-12,26H,1-2,9-10H2,(H3,27,28,29,30,31,32). The van der Waals surface area contributed by atoms with Gasteiger partial charge in [0.25, 0.3) is 5.56 Å². The van der Waals surface area contributed by atoms with Gasteiger partial charge in [0.1, 0.15) is 5.82 Å². The maximum Gasteiger partial charge on any atom is 0.326 e. The van der Waals surface area contributed by atoms with E-state index in [1.54, 1.807) is 0 Å². The predicted octanol–water partition coefficient (Wildman–Crippen LogP) is 4.00. The normalized spacial score (nSPS) is 13.1. The van der Waals surface area contributed by atoms with Gasteiger partial charge >= 0.3 is 6.03 Å². The van der Waals surface area contributed by atoms with Crippen LogP contribution in [0.15, 0.2) is 47.4 Å². The summed E-state index contributed by atoms with van der Waals surface area (Å²) in [6.45, 7) is 1.76. The number of halogens is 3.